The van der Waals surface area contributed by atoms with E-state index in [2.05, 4.69) is 0 Å². The third-order valence-electron chi connectivity index (χ3n) is 2.10. The van der Waals surface area contributed by atoms with Crippen molar-refractivity contribution in [2.24, 2.45) is 0 Å². The van der Waals surface area contributed by atoms with E-state index < -0.39 is 10.8 Å². The van der Waals surface area contributed by atoms with Gasteiger partial charge in [0, 0.05) is 12.8 Å². The van der Waals surface area contributed by atoms with E-state index in [1.165, 1.54) is 0 Å². The average molecular weight is 147 g/mol. The molecule has 0 bridgehead atoms. The van der Waals surface area contributed by atoms with Crippen LogP contribution in [0.5, 0.6) is 0 Å². The molecule has 10 heavy (non-hydrogen) atoms. The maximum atomic E-state index is 10.6. The molecule has 0 aromatic carbocycles. The third-order valence-corrected chi connectivity index (χ3v) is 2.10. The lowest BCUT2D eigenvalue weighted by Crippen LogP contribution is -3.13. The van der Waals surface area contributed by atoms with E-state index >= 15 is 0 Å². The molecule has 0 aromatic rings. The second kappa shape index (κ2) is 3.91. The lowest BCUT2D eigenvalue weighted by molar-refractivity contribution is -1.09. The zero-order valence-electron chi connectivity index (χ0n) is 6.98. The van der Waals surface area contributed by atoms with Crippen LogP contribution < -0.4 is 5.23 Å². The summed E-state index contributed by atoms with van der Waals surface area (Å²) in [4.78, 5) is 0. The number of hydroxylamine groups is 2. The number of rotatable bonds is 4. The second-order valence-corrected chi connectivity index (χ2v) is 2.97. The highest BCUT2D eigenvalue weighted by Crippen LogP contribution is 2.11. The predicted molar refractivity (Wildman–Crippen MR) is 39.7 cm³/mol. The molecule has 3 heteroatoms. The summed E-state index contributed by atoms with van der Waals surface area (Å²) in [7, 11) is 0. The van der Waals surface area contributed by atoms with E-state index in [0.717, 1.165) is 19.3 Å². The van der Waals surface area contributed by atoms with E-state index in [-0.39, 0.29) is 0 Å². The Kier molecular flexibility index (Phi) is 3.86. The molecular weight excluding hydrogens is 130 g/mol. The van der Waals surface area contributed by atoms with Crippen LogP contribution in [0.2, 0.25) is 0 Å². The highest BCUT2D eigenvalue weighted by molar-refractivity contribution is 4.68. The van der Waals surface area contributed by atoms with Gasteiger partial charge >= 0.3 is 0 Å². The Morgan fingerprint density at radius 2 is 2.00 bits per heavy atom. The minimum atomic E-state index is -0.670. The van der Waals surface area contributed by atoms with Gasteiger partial charge in [-0.3, -0.25) is 0 Å². The van der Waals surface area contributed by atoms with Gasteiger partial charge in [-0.25, -0.2) is 10.4 Å². The minimum absolute atomic E-state index is 0.491. The molecule has 2 atom stereocenters. The van der Waals surface area contributed by atoms with Crippen molar-refractivity contribution in [2.75, 3.05) is 0 Å². The summed E-state index contributed by atoms with van der Waals surface area (Å²) >= 11 is 0. The molecule has 0 aliphatic carbocycles. The summed E-state index contributed by atoms with van der Waals surface area (Å²) in [5.41, 5.74) is -0.491. The summed E-state index contributed by atoms with van der Waals surface area (Å²) in [6.07, 6.45) is 2.44. The van der Waals surface area contributed by atoms with Crippen LogP contribution in [0.25, 0.3) is 0 Å². The largest absolute Gasteiger partial charge is 0.600 e. The molecule has 0 radical (unpaired) electrons. The van der Waals surface area contributed by atoms with Gasteiger partial charge in [0.15, 0.2) is 0 Å². The van der Waals surface area contributed by atoms with Crippen molar-refractivity contribution in [3.63, 3.8) is 0 Å². The Bertz CT molecular complexity index is 95.6. The second-order valence-electron chi connectivity index (χ2n) is 2.97. The number of quaternary nitrogens is 1. The van der Waals surface area contributed by atoms with Crippen molar-refractivity contribution in [3.05, 3.63) is 5.21 Å². The molecule has 3 nitrogen and oxygen atoms in total. The van der Waals surface area contributed by atoms with Gasteiger partial charge in [0.25, 0.3) is 0 Å². The molecule has 0 aliphatic heterocycles. The van der Waals surface area contributed by atoms with Crippen LogP contribution in [0.1, 0.15) is 40.0 Å². The Morgan fingerprint density at radius 1 is 1.50 bits per heavy atom. The first-order chi connectivity index (χ1) is 4.56. The lowest BCUT2D eigenvalue weighted by Gasteiger charge is -2.33. The van der Waals surface area contributed by atoms with Crippen LogP contribution in [0.4, 0.5) is 0 Å². The zero-order chi connectivity index (χ0) is 8.20. The zero-order valence-corrected chi connectivity index (χ0v) is 6.98. The summed E-state index contributed by atoms with van der Waals surface area (Å²) in [5, 5.41) is 18.7. The van der Waals surface area contributed by atoms with Gasteiger partial charge in [-0.2, -0.15) is 0 Å². The smallest absolute Gasteiger partial charge is 0.124 e. The van der Waals surface area contributed by atoms with E-state index in [1.807, 2.05) is 13.8 Å². The van der Waals surface area contributed by atoms with Gasteiger partial charge in [0.1, 0.15) is 5.54 Å². The maximum absolute atomic E-state index is 10.6. The van der Waals surface area contributed by atoms with Crippen molar-refractivity contribution >= 4 is 0 Å². The molecule has 0 rings (SSSR count). The normalized spacial score (nSPS) is 20.1. The van der Waals surface area contributed by atoms with Crippen molar-refractivity contribution in [1.82, 2.24) is 0 Å². The molecule has 0 fully saturated rings. The predicted octanol–water partition coefficient (Wildman–Crippen LogP) is 0.727. The van der Waals surface area contributed by atoms with Crippen molar-refractivity contribution < 1.29 is 10.4 Å². The molecule has 0 heterocycles. The van der Waals surface area contributed by atoms with E-state index in [0.29, 0.717) is 0 Å². The van der Waals surface area contributed by atoms with E-state index in [4.69, 9.17) is 5.21 Å². The van der Waals surface area contributed by atoms with E-state index in [9.17, 15) is 5.21 Å². The van der Waals surface area contributed by atoms with Crippen molar-refractivity contribution in [3.8, 4) is 0 Å². The molecule has 2 N–H and O–H groups in total. The fraction of sp³-hybridized carbons (Fsp3) is 1.00. The van der Waals surface area contributed by atoms with Gasteiger partial charge < -0.3 is 5.21 Å². The first-order valence-electron chi connectivity index (χ1n) is 3.80. The Hall–Kier alpha value is -0.120. The fourth-order valence-corrected chi connectivity index (χ4v) is 0.987. The Morgan fingerprint density at radius 3 is 2.10 bits per heavy atom. The highest BCUT2D eigenvalue weighted by atomic mass is 16.8. The summed E-state index contributed by atoms with van der Waals surface area (Å²) < 4.78 is 0. The van der Waals surface area contributed by atoms with E-state index in [1.54, 1.807) is 6.92 Å². The third kappa shape index (κ3) is 2.25. The highest BCUT2D eigenvalue weighted by Gasteiger charge is 2.27. The summed E-state index contributed by atoms with van der Waals surface area (Å²) in [6.45, 7) is 5.74. The molecule has 0 aliphatic rings. The molecule has 0 spiro atoms. The maximum Gasteiger partial charge on any atom is 0.124 e. The van der Waals surface area contributed by atoms with Crippen molar-refractivity contribution in [2.45, 2.75) is 45.6 Å². The summed E-state index contributed by atoms with van der Waals surface area (Å²) in [6, 6.07) is 0. The fourth-order valence-electron chi connectivity index (χ4n) is 0.987. The van der Waals surface area contributed by atoms with Gasteiger partial charge in [0.05, 0.1) is 0 Å². The van der Waals surface area contributed by atoms with Crippen LogP contribution in [0.15, 0.2) is 0 Å². The first-order valence-corrected chi connectivity index (χ1v) is 3.80. The first kappa shape index (κ1) is 9.88. The molecule has 62 valence electrons. The number of hydrogen-bond donors (Lipinski definition) is 2. The Balaban J connectivity index is 3.94. The van der Waals surface area contributed by atoms with Crippen LogP contribution in [0.3, 0.4) is 0 Å². The molecule has 0 aromatic heterocycles. The summed E-state index contributed by atoms with van der Waals surface area (Å²) in [5.74, 6) is 0. The minimum Gasteiger partial charge on any atom is -0.600 e. The molecule has 0 saturated carbocycles. The molecular formula is C7H17NO2. The molecule has 0 saturated heterocycles. The quantitative estimate of drug-likeness (QED) is 0.576. The molecule has 2 unspecified atom stereocenters. The van der Waals surface area contributed by atoms with Crippen LogP contribution in [-0.4, -0.2) is 10.7 Å². The monoisotopic (exact) mass is 147 g/mol. The topological polar surface area (TPSA) is 47.7 Å². The van der Waals surface area contributed by atoms with Gasteiger partial charge in [-0.1, -0.05) is 20.3 Å². The van der Waals surface area contributed by atoms with Gasteiger partial charge in [0.2, 0.25) is 0 Å². The SMILES string of the molecule is CCCC(C)(CC)[NH+]([O-])O. The van der Waals surface area contributed by atoms with Crippen LogP contribution in [0, 0.1) is 5.21 Å². The average Bonchev–Trinajstić information content (AvgIpc) is 1.88. The number of nitrogens with one attached hydrogen (secondary N) is 1. The Labute approximate surface area is 62.2 Å². The standard InChI is InChI=1S/C7H17NO2/c1-4-6-7(3,5-2)8(9)10/h8-9H,4-6H2,1-3H3. The lowest BCUT2D eigenvalue weighted by atomic mass is 9.94. The molecule has 0 amide bonds. The van der Waals surface area contributed by atoms with Crippen molar-refractivity contribution in [1.29, 1.82) is 0 Å². The van der Waals surface area contributed by atoms with Crippen LogP contribution >= 0.6 is 0 Å². The van der Waals surface area contributed by atoms with Gasteiger partial charge in [-0.05, 0) is 6.92 Å². The number of hydrogen-bond acceptors (Lipinski definition) is 2. The van der Waals surface area contributed by atoms with Crippen LogP contribution in [-0.2, 0) is 0 Å². The van der Waals surface area contributed by atoms with Gasteiger partial charge in [-0.15, -0.1) is 0 Å².